The maximum absolute atomic E-state index is 12.6. The molecule has 0 bridgehead atoms. The van der Waals surface area contributed by atoms with Crippen molar-refractivity contribution in [3.05, 3.63) is 57.6 Å². The van der Waals surface area contributed by atoms with E-state index in [2.05, 4.69) is 12.2 Å². The summed E-state index contributed by atoms with van der Waals surface area (Å²) in [6.07, 6.45) is 3.56. The molecule has 0 aliphatic rings. The van der Waals surface area contributed by atoms with Crippen molar-refractivity contribution in [2.24, 2.45) is 0 Å². The molecule has 1 amide bonds. The van der Waals surface area contributed by atoms with Gasteiger partial charge in [0.05, 0.1) is 29.9 Å². The Morgan fingerprint density at radius 2 is 1.90 bits per heavy atom. The first-order chi connectivity index (χ1) is 14.0. The Morgan fingerprint density at radius 1 is 1.17 bits per heavy atom. The minimum atomic E-state index is -0.445. The summed E-state index contributed by atoms with van der Waals surface area (Å²) in [7, 11) is 1.53. The number of nitro benzene ring substituents is 1. The number of carbonyl (C=O) groups is 1. The summed E-state index contributed by atoms with van der Waals surface area (Å²) in [5, 5.41) is 13.5. The van der Waals surface area contributed by atoms with Gasteiger partial charge in [-0.2, -0.15) is 0 Å². The number of nitrogens with zero attached hydrogens (tertiary/aromatic N) is 1. The molecule has 0 radical (unpaired) electrons. The van der Waals surface area contributed by atoms with Gasteiger partial charge in [-0.25, -0.2) is 0 Å². The van der Waals surface area contributed by atoms with E-state index in [-0.39, 0.29) is 17.3 Å². The highest BCUT2D eigenvalue weighted by molar-refractivity contribution is 6.01. The highest BCUT2D eigenvalue weighted by atomic mass is 16.6. The number of rotatable bonds is 11. The lowest BCUT2D eigenvalue weighted by Crippen LogP contribution is -2.26. The third-order valence-electron chi connectivity index (χ3n) is 4.47. The number of benzene rings is 2. The summed E-state index contributed by atoms with van der Waals surface area (Å²) >= 11 is 0. The van der Waals surface area contributed by atoms with Crippen LogP contribution in [0, 0.1) is 10.1 Å². The number of methoxy groups -OCH3 is 1. The van der Waals surface area contributed by atoms with E-state index in [4.69, 9.17) is 15.2 Å². The number of unbranched alkanes of at least 4 members (excludes halogenated alkanes) is 2. The van der Waals surface area contributed by atoms with E-state index in [0.717, 1.165) is 24.8 Å². The number of anilines is 1. The van der Waals surface area contributed by atoms with Crippen LogP contribution in [0.5, 0.6) is 11.5 Å². The van der Waals surface area contributed by atoms with Gasteiger partial charge < -0.3 is 20.5 Å². The maximum Gasteiger partial charge on any atom is 0.269 e. The smallest absolute Gasteiger partial charge is 0.269 e. The van der Waals surface area contributed by atoms with Crippen molar-refractivity contribution >= 4 is 17.3 Å². The molecule has 2 rings (SSSR count). The van der Waals surface area contributed by atoms with Gasteiger partial charge >= 0.3 is 0 Å². The van der Waals surface area contributed by atoms with Crippen LogP contribution in [-0.4, -0.2) is 31.1 Å². The van der Waals surface area contributed by atoms with Gasteiger partial charge in [0.1, 0.15) is 0 Å². The minimum Gasteiger partial charge on any atom is -0.493 e. The van der Waals surface area contributed by atoms with Gasteiger partial charge in [-0.05, 0) is 30.5 Å². The zero-order chi connectivity index (χ0) is 21.2. The molecule has 2 aromatic rings. The largest absolute Gasteiger partial charge is 0.493 e. The number of non-ortho nitro benzene ring substituents is 1. The molecule has 0 aliphatic carbocycles. The molecule has 29 heavy (non-hydrogen) atoms. The molecule has 0 aliphatic heterocycles. The third kappa shape index (κ3) is 6.10. The Morgan fingerprint density at radius 3 is 2.52 bits per heavy atom. The van der Waals surface area contributed by atoms with Gasteiger partial charge in [0.2, 0.25) is 0 Å². The van der Waals surface area contributed by atoms with E-state index in [1.807, 2.05) is 0 Å². The monoisotopic (exact) mass is 401 g/mol. The summed E-state index contributed by atoms with van der Waals surface area (Å²) in [6.45, 7) is 2.98. The number of hydrogen-bond donors (Lipinski definition) is 2. The molecule has 0 atom stereocenters. The Balaban J connectivity index is 1.99. The van der Waals surface area contributed by atoms with Crippen LogP contribution in [0.25, 0.3) is 0 Å². The predicted molar refractivity (Wildman–Crippen MR) is 112 cm³/mol. The minimum absolute atomic E-state index is 0.0373. The van der Waals surface area contributed by atoms with Crippen LogP contribution in [0.15, 0.2) is 36.4 Å². The summed E-state index contributed by atoms with van der Waals surface area (Å²) in [5.74, 6) is 0.554. The van der Waals surface area contributed by atoms with Crippen LogP contribution in [-0.2, 0) is 6.42 Å². The number of nitrogens with two attached hydrogens (primary N) is 1. The zero-order valence-electron chi connectivity index (χ0n) is 16.8. The lowest BCUT2D eigenvalue weighted by molar-refractivity contribution is -0.384. The molecular weight excluding hydrogens is 374 g/mol. The fourth-order valence-electron chi connectivity index (χ4n) is 2.81. The Labute approximate surface area is 170 Å². The first kappa shape index (κ1) is 22.0. The third-order valence-corrected chi connectivity index (χ3v) is 4.47. The highest BCUT2D eigenvalue weighted by Gasteiger charge is 2.18. The van der Waals surface area contributed by atoms with Gasteiger partial charge in [-0.3, -0.25) is 14.9 Å². The number of hydrogen-bond acceptors (Lipinski definition) is 6. The molecular formula is C21H27N3O5. The highest BCUT2D eigenvalue weighted by Crippen LogP contribution is 2.36. The molecule has 0 heterocycles. The number of nitro groups is 1. The molecule has 0 spiro atoms. The van der Waals surface area contributed by atoms with Crippen LogP contribution in [0.1, 0.15) is 42.1 Å². The van der Waals surface area contributed by atoms with Crippen molar-refractivity contribution in [1.82, 2.24) is 5.32 Å². The van der Waals surface area contributed by atoms with Crippen LogP contribution in [0.3, 0.4) is 0 Å². The fraction of sp³-hybridized carbons (Fsp3) is 0.381. The van der Waals surface area contributed by atoms with E-state index >= 15 is 0 Å². The SMILES string of the molecule is CCCCCOc1c(OC)ccc(C(=O)NCCc2ccc([N+](=O)[O-])cc2)c1N. The number of ether oxygens (including phenoxy) is 2. The second kappa shape index (κ2) is 10.9. The molecule has 8 nitrogen and oxygen atoms in total. The van der Waals surface area contributed by atoms with Crippen LogP contribution >= 0.6 is 0 Å². The quantitative estimate of drug-likeness (QED) is 0.256. The fourth-order valence-corrected chi connectivity index (χ4v) is 2.81. The Kier molecular flexibility index (Phi) is 8.27. The molecule has 0 saturated carbocycles. The van der Waals surface area contributed by atoms with E-state index in [1.165, 1.54) is 19.2 Å². The second-order valence-electron chi connectivity index (χ2n) is 6.54. The molecule has 0 aromatic heterocycles. The first-order valence-corrected chi connectivity index (χ1v) is 9.58. The van der Waals surface area contributed by atoms with Gasteiger partial charge in [-0.15, -0.1) is 0 Å². The summed E-state index contributed by atoms with van der Waals surface area (Å²) in [4.78, 5) is 22.8. The average molecular weight is 401 g/mol. The molecule has 0 unspecified atom stereocenters. The lowest BCUT2D eigenvalue weighted by atomic mass is 10.1. The molecule has 3 N–H and O–H groups in total. The number of carbonyl (C=O) groups excluding carboxylic acids is 1. The lowest BCUT2D eigenvalue weighted by Gasteiger charge is -2.16. The number of nitrogens with one attached hydrogen (secondary N) is 1. The van der Waals surface area contributed by atoms with Gasteiger partial charge in [0, 0.05) is 18.7 Å². The van der Waals surface area contributed by atoms with E-state index in [9.17, 15) is 14.9 Å². The Bertz CT molecular complexity index is 837. The molecule has 0 saturated heterocycles. The summed E-state index contributed by atoms with van der Waals surface area (Å²) in [6, 6.07) is 9.51. The van der Waals surface area contributed by atoms with Crippen LogP contribution in [0.2, 0.25) is 0 Å². The number of amides is 1. The molecule has 156 valence electrons. The van der Waals surface area contributed by atoms with Crippen molar-refractivity contribution in [1.29, 1.82) is 0 Å². The zero-order valence-corrected chi connectivity index (χ0v) is 16.8. The summed E-state index contributed by atoms with van der Waals surface area (Å²) in [5.41, 5.74) is 7.66. The van der Waals surface area contributed by atoms with Crippen molar-refractivity contribution < 1.29 is 19.2 Å². The standard InChI is InChI=1S/C21H27N3O5/c1-3-4-5-14-29-20-18(28-2)11-10-17(19(20)22)21(25)23-13-12-15-6-8-16(9-7-15)24(26)27/h6-11H,3-5,12-14,22H2,1-2H3,(H,23,25). The maximum atomic E-state index is 12.6. The van der Waals surface area contributed by atoms with Crippen molar-refractivity contribution in [2.75, 3.05) is 26.0 Å². The normalized spacial score (nSPS) is 10.4. The van der Waals surface area contributed by atoms with Crippen molar-refractivity contribution in [2.45, 2.75) is 32.6 Å². The molecule has 8 heteroatoms. The van der Waals surface area contributed by atoms with E-state index in [0.29, 0.717) is 36.6 Å². The topological polar surface area (TPSA) is 117 Å². The average Bonchev–Trinajstić information content (AvgIpc) is 2.72. The predicted octanol–water partition coefficient (Wildman–Crippen LogP) is 3.73. The van der Waals surface area contributed by atoms with Crippen molar-refractivity contribution in [3.63, 3.8) is 0 Å². The van der Waals surface area contributed by atoms with Gasteiger partial charge in [0.15, 0.2) is 11.5 Å². The molecule has 0 fully saturated rings. The Hall–Kier alpha value is -3.29. The van der Waals surface area contributed by atoms with Crippen LogP contribution < -0.4 is 20.5 Å². The van der Waals surface area contributed by atoms with Crippen LogP contribution in [0.4, 0.5) is 11.4 Å². The van der Waals surface area contributed by atoms with Crippen molar-refractivity contribution in [3.8, 4) is 11.5 Å². The van der Waals surface area contributed by atoms with E-state index in [1.54, 1.807) is 24.3 Å². The van der Waals surface area contributed by atoms with Gasteiger partial charge in [-0.1, -0.05) is 31.9 Å². The second-order valence-corrected chi connectivity index (χ2v) is 6.54. The van der Waals surface area contributed by atoms with E-state index < -0.39 is 4.92 Å². The first-order valence-electron chi connectivity index (χ1n) is 9.58. The molecule has 2 aromatic carbocycles. The number of nitrogen functional groups attached to an aromatic ring is 1. The summed E-state index contributed by atoms with van der Waals surface area (Å²) < 4.78 is 11.1. The van der Waals surface area contributed by atoms with Gasteiger partial charge in [0.25, 0.3) is 11.6 Å².